The highest BCUT2D eigenvalue weighted by atomic mass is 19.4. The quantitative estimate of drug-likeness (QED) is 0.259. The predicted octanol–water partition coefficient (Wildman–Crippen LogP) is 5.93. The van der Waals surface area contributed by atoms with Gasteiger partial charge in [0.05, 0.1) is 11.8 Å². The Morgan fingerprint density at radius 2 is 1.52 bits per heavy atom. The van der Waals surface area contributed by atoms with Crippen molar-refractivity contribution in [2.45, 2.75) is 12.7 Å². The standard InChI is InChI=1S/C32H30F3N5O4/c33-32(34,35)24-8-4-9-26(20-24)37-31(43)39-17-15-38(16-18-39)27-13-11-25(12-14-27)36-29(41)22-40(21-23-6-2-1-3-7-23)30(42)28-10-5-19-44-28/h1-14,19-20H,15-18,21-22H2,(H,36,41)(H,37,43). The lowest BCUT2D eigenvalue weighted by Crippen LogP contribution is -2.50. The molecular formula is C32H30F3N5O4. The van der Waals surface area contributed by atoms with Crippen molar-refractivity contribution in [2.75, 3.05) is 48.3 Å². The fourth-order valence-corrected chi connectivity index (χ4v) is 4.83. The largest absolute Gasteiger partial charge is 0.459 e. The molecule has 1 fully saturated rings. The van der Waals surface area contributed by atoms with E-state index in [0.29, 0.717) is 31.9 Å². The van der Waals surface area contributed by atoms with Crippen LogP contribution in [0.1, 0.15) is 21.7 Å². The number of nitrogens with one attached hydrogen (secondary N) is 2. The molecule has 44 heavy (non-hydrogen) atoms. The third-order valence-electron chi connectivity index (χ3n) is 7.09. The number of benzene rings is 3. The summed E-state index contributed by atoms with van der Waals surface area (Å²) in [7, 11) is 0. The Kier molecular flexibility index (Phi) is 9.17. The van der Waals surface area contributed by atoms with Crippen molar-refractivity contribution in [3.8, 4) is 0 Å². The van der Waals surface area contributed by atoms with Gasteiger partial charge < -0.3 is 29.8 Å². The molecule has 2 heterocycles. The fourth-order valence-electron chi connectivity index (χ4n) is 4.83. The highest BCUT2D eigenvalue weighted by Crippen LogP contribution is 2.30. The van der Waals surface area contributed by atoms with Gasteiger partial charge in [0.25, 0.3) is 5.91 Å². The average Bonchev–Trinajstić information content (AvgIpc) is 3.56. The first kappa shape index (κ1) is 30.2. The first-order valence-electron chi connectivity index (χ1n) is 13.9. The van der Waals surface area contributed by atoms with Gasteiger partial charge in [0.2, 0.25) is 5.91 Å². The van der Waals surface area contributed by atoms with Gasteiger partial charge in [-0.25, -0.2) is 4.79 Å². The zero-order chi connectivity index (χ0) is 31.1. The smallest absolute Gasteiger partial charge is 0.416 e. The van der Waals surface area contributed by atoms with Crippen molar-refractivity contribution in [2.24, 2.45) is 0 Å². The molecule has 3 aromatic carbocycles. The zero-order valence-electron chi connectivity index (χ0n) is 23.6. The second kappa shape index (κ2) is 13.4. The summed E-state index contributed by atoms with van der Waals surface area (Å²) in [4.78, 5) is 43.6. The number of carbonyl (C=O) groups excluding carboxylic acids is 3. The van der Waals surface area contributed by atoms with Crippen molar-refractivity contribution in [1.29, 1.82) is 0 Å². The summed E-state index contributed by atoms with van der Waals surface area (Å²) in [6.45, 7) is 1.85. The Balaban J connectivity index is 1.13. The van der Waals surface area contributed by atoms with Crippen molar-refractivity contribution in [3.63, 3.8) is 0 Å². The number of furan rings is 1. The summed E-state index contributed by atoms with van der Waals surface area (Å²) in [5, 5.41) is 5.38. The number of hydrogen-bond acceptors (Lipinski definition) is 5. The molecule has 0 radical (unpaired) electrons. The molecule has 4 amide bonds. The maximum absolute atomic E-state index is 13.0. The van der Waals surface area contributed by atoms with E-state index in [-0.39, 0.29) is 30.4 Å². The van der Waals surface area contributed by atoms with E-state index in [1.54, 1.807) is 29.2 Å². The number of alkyl halides is 3. The van der Waals surface area contributed by atoms with Gasteiger partial charge in [-0.15, -0.1) is 0 Å². The highest BCUT2D eigenvalue weighted by molar-refractivity contribution is 5.98. The van der Waals surface area contributed by atoms with Gasteiger partial charge in [-0.05, 0) is 60.2 Å². The minimum atomic E-state index is -4.49. The second-order valence-corrected chi connectivity index (χ2v) is 10.2. The Morgan fingerprint density at radius 3 is 2.18 bits per heavy atom. The van der Waals surface area contributed by atoms with Crippen molar-refractivity contribution >= 4 is 34.9 Å². The van der Waals surface area contributed by atoms with E-state index in [4.69, 9.17) is 4.42 Å². The van der Waals surface area contributed by atoms with Crippen LogP contribution < -0.4 is 15.5 Å². The van der Waals surface area contributed by atoms with Gasteiger partial charge >= 0.3 is 12.2 Å². The molecule has 0 aliphatic carbocycles. The third kappa shape index (κ3) is 7.77. The SMILES string of the molecule is O=C(CN(Cc1ccccc1)C(=O)c1ccco1)Nc1ccc(N2CCN(C(=O)Nc3cccc(C(F)(F)F)c3)CC2)cc1. The van der Waals surface area contributed by atoms with Gasteiger partial charge in [-0.2, -0.15) is 13.2 Å². The van der Waals surface area contributed by atoms with Crippen molar-refractivity contribution < 1.29 is 32.0 Å². The van der Waals surface area contributed by atoms with Gasteiger partial charge in [0.15, 0.2) is 5.76 Å². The molecule has 1 aliphatic heterocycles. The van der Waals surface area contributed by atoms with Gasteiger partial charge in [-0.3, -0.25) is 9.59 Å². The molecule has 2 N–H and O–H groups in total. The molecule has 12 heteroatoms. The molecule has 228 valence electrons. The number of amides is 4. The lowest BCUT2D eigenvalue weighted by molar-refractivity contribution is -0.137. The third-order valence-corrected chi connectivity index (χ3v) is 7.09. The molecule has 4 aromatic rings. The van der Waals surface area contributed by atoms with Crippen LogP contribution >= 0.6 is 0 Å². The van der Waals surface area contributed by atoms with Crippen LogP contribution in [0.2, 0.25) is 0 Å². The first-order valence-corrected chi connectivity index (χ1v) is 13.9. The Labute approximate surface area is 251 Å². The van der Waals surface area contributed by atoms with Gasteiger partial charge in [0, 0.05) is 49.8 Å². The van der Waals surface area contributed by atoms with E-state index >= 15 is 0 Å². The number of piperazine rings is 1. The molecule has 1 aliphatic rings. The summed E-state index contributed by atoms with van der Waals surface area (Å²) >= 11 is 0. The van der Waals surface area contributed by atoms with Crippen LogP contribution in [0, 0.1) is 0 Å². The number of anilines is 3. The Bertz CT molecular complexity index is 1570. The van der Waals surface area contributed by atoms with Gasteiger partial charge in [0.1, 0.15) is 6.54 Å². The molecule has 5 rings (SSSR count). The lowest BCUT2D eigenvalue weighted by Gasteiger charge is -2.36. The summed E-state index contributed by atoms with van der Waals surface area (Å²) in [5.41, 5.74) is 1.57. The lowest BCUT2D eigenvalue weighted by atomic mass is 10.2. The van der Waals surface area contributed by atoms with E-state index in [1.165, 1.54) is 23.3 Å². The average molecular weight is 606 g/mol. The van der Waals surface area contributed by atoms with Crippen LogP contribution in [0.15, 0.2) is 102 Å². The normalized spacial score (nSPS) is 13.3. The minimum Gasteiger partial charge on any atom is -0.459 e. The molecule has 0 spiro atoms. The molecule has 9 nitrogen and oxygen atoms in total. The number of nitrogens with zero attached hydrogens (tertiary/aromatic N) is 3. The fraction of sp³-hybridized carbons (Fsp3) is 0.219. The maximum Gasteiger partial charge on any atom is 0.416 e. The molecule has 0 bridgehead atoms. The monoisotopic (exact) mass is 605 g/mol. The Hall–Kier alpha value is -5.26. The van der Waals surface area contributed by atoms with Crippen LogP contribution in [-0.4, -0.2) is 60.4 Å². The van der Waals surface area contributed by atoms with Crippen molar-refractivity contribution in [3.05, 3.63) is 114 Å². The molecule has 0 atom stereocenters. The summed E-state index contributed by atoms with van der Waals surface area (Å²) in [6, 6.07) is 23.8. The molecule has 1 aromatic heterocycles. The molecule has 1 saturated heterocycles. The van der Waals surface area contributed by atoms with E-state index < -0.39 is 23.7 Å². The Morgan fingerprint density at radius 1 is 0.795 bits per heavy atom. The number of rotatable bonds is 8. The molecule has 0 saturated carbocycles. The van der Waals surface area contributed by atoms with Crippen LogP contribution in [0.3, 0.4) is 0 Å². The van der Waals surface area contributed by atoms with E-state index in [0.717, 1.165) is 23.4 Å². The maximum atomic E-state index is 13.0. The summed E-state index contributed by atoms with van der Waals surface area (Å²) in [5.74, 6) is -0.618. The van der Waals surface area contributed by atoms with Crippen LogP contribution in [0.25, 0.3) is 0 Å². The summed E-state index contributed by atoms with van der Waals surface area (Å²) in [6.07, 6.45) is -3.09. The number of urea groups is 1. The highest BCUT2D eigenvalue weighted by Gasteiger charge is 2.31. The summed E-state index contributed by atoms with van der Waals surface area (Å²) < 4.78 is 44.2. The van der Waals surface area contributed by atoms with E-state index in [9.17, 15) is 27.6 Å². The zero-order valence-corrected chi connectivity index (χ0v) is 23.6. The molecule has 0 unspecified atom stereocenters. The minimum absolute atomic E-state index is 0.0819. The van der Waals surface area contributed by atoms with Gasteiger partial charge in [-0.1, -0.05) is 36.4 Å². The van der Waals surface area contributed by atoms with Crippen molar-refractivity contribution in [1.82, 2.24) is 9.80 Å². The topological polar surface area (TPSA) is 98.1 Å². The van der Waals surface area contributed by atoms with Crippen LogP contribution in [-0.2, 0) is 17.5 Å². The van der Waals surface area contributed by atoms with Crippen LogP contribution in [0.4, 0.5) is 35.0 Å². The first-order chi connectivity index (χ1) is 21.2. The predicted molar refractivity (Wildman–Crippen MR) is 159 cm³/mol. The number of hydrogen-bond donors (Lipinski definition) is 2. The second-order valence-electron chi connectivity index (χ2n) is 10.2. The number of carbonyl (C=O) groups is 3. The number of halogens is 3. The van der Waals surface area contributed by atoms with Crippen LogP contribution in [0.5, 0.6) is 0 Å². The van der Waals surface area contributed by atoms with E-state index in [2.05, 4.69) is 15.5 Å². The van der Waals surface area contributed by atoms with E-state index in [1.807, 2.05) is 42.5 Å². The molecular weight excluding hydrogens is 575 g/mol.